The lowest BCUT2D eigenvalue weighted by atomic mass is 10.2. The summed E-state index contributed by atoms with van der Waals surface area (Å²) in [5.74, 6) is 1.01. The van der Waals surface area contributed by atoms with Crippen molar-refractivity contribution in [2.24, 2.45) is 0 Å². The van der Waals surface area contributed by atoms with Gasteiger partial charge in [0.15, 0.2) is 5.82 Å². The van der Waals surface area contributed by atoms with Gasteiger partial charge in [-0.2, -0.15) is 0 Å². The van der Waals surface area contributed by atoms with Crippen molar-refractivity contribution in [1.82, 2.24) is 14.9 Å². The number of pyridine rings is 1. The van der Waals surface area contributed by atoms with E-state index in [-0.39, 0.29) is 5.91 Å². The molecule has 2 aromatic heterocycles. The van der Waals surface area contributed by atoms with Crippen LogP contribution in [-0.4, -0.2) is 53.0 Å². The molecule has 0 aliphatic carbocycles. The summed E-state index contributed by atoms with van der Waals surface area (Å²) in [5, 5.41) is 4.60. The molecule has 1 amide bonds. The second-order valence-electron chi connectivity index (χ2n) is 7.63. The van der Waals surface area contributed by atoms with Crippen LogP contribution in [0, 0.1) is 0 Å². The first-order chi connectivity index (χ1) is 14.1. The number of aromatic amines is 1. The molecule has 4 rings (SSSR count). The molecule has 6 heteroatoms. The first-order valence-corrected chi connectivity index (χ1v) is 10.1. The van der Waals surface area contributed by atoms with Gasteiger partial charge in [0.2, 0.25) is 5.91 Å². The number of hydrogen-bond acceptors (Lipinski definition) is 4. The number of carbonyl (C=O) groups excluding carboxylic acids is 1. The number of aromatic nitrogens is 2. The molecule has 0 spiro atoms. The van der Waals surface area contributed by atoms with Crippen LogP contribution in [0.5, 0.6) is 0 Å². The first-order valence-electron chi connectivity index (χ1n) is 10.1. The molecule has 1 aliphatic heterocycles. The Bertz CT molecular complexity index is 982. The number of amides is 1. The topological polar surface area (TPSA) is 64.3 Å². The lowest BCUT2D eigenvalue weighted by Crippen LogP contribution is -2.48. The van der Waals surface area contributed by atoms with Crippen LogP contribution < -0.4 is 10.2 Å². The first kappa shape index (κ1) is 19.1. The second-order valence-corrected chi connectivity index (χ2v) is 7.63. The summed E-state index contributed by atoms with van der Waals surface area (Å²) in [4.78, 5) is 24.7. The summed E-state index contributed by atoms with van der Waals surface area (Å²) in [6, 6.07) is 14.5. The van der Waals surface area contributed by atoms with Gasteiger partial charge in [0.25, 0.3) is 0 Å². The van der Waals surface area contributed by atoms with Crippen molar-refractivity contribution >= 4 is 34.4 Å². The number of benzene rings is 1. The zero-order valence-corrected chi connectivity index (χ0v) is 16.9. The van der Waals surface area contributed by atoms with E-state index in [0.717, 1.165) is 41.2 Å². The molecular weight excluding hydrogens is 362 g/mol. The fraction of sp³-hybridized carbons (Fsp3) is 0.304. The smallest absolute Gasteiger partial charge is 0.246 e. The highest BCUT2D eigenvalue weighted by molar-refractivity contribution is 5.93. The van der Waals surface area contributed by atoms with Crippen LogP contribution in [0.2, 0.25) is 0 Å². The monoisotopic (exact) mass is 389 g/mol. The minimum atomic E-state index is 0.0462. The van der Waals surface area contributed by atoms with E-state index in [1.807, 2.05) is 41.4 Å². The maximum absolute atomic E-state index is 12.6. The van der Waals surface area contributed by atoms with Gasteiger partial charge in [-0.05, 0) is 49.6 Å². The summed E-state index contributed by atoms with van der Waals surface area (Å²) in [7, 11) is 0. The average molecular weight is 390 g/mol. The maximum Gasteiger partial charge on any atom is 0.246 e. The van der Waals surface area contributed by atoms with Gasteiger partial charge in [-0.3, -0.25) is 4.79 Å². The van der Waals surface area contributed by atoms with Crippen LogP contribution in [0.3, 0.4) is 0 Å². The molecule has 29 heavy (non-hydrogen) atoms. The molecule has 0 radical (unpaired) electrons. The van der Waals surface area contributed by atoms with Gasteiger partial charge in [-0.1, -0.05) is 18.2 Å². The Balaban J connectivity index is 1.37. The number of nitrogens with one attached hydrogen (secondary N) is 2. The van der Waals surface area contributed by atoms with Gasteiger partial charge in [0.1, 0.15) is 0 Å². The Morgan fingerprint density at radius 1 is 1.14 bits per heavy atom. The largest absolute Gasteiger partial charge is 0.380 e. The molecule has 0 atom stereocenters. The molecule has 1 saturated heterocycles. The third kappa shape index (κ3) is 4.42. The Kier molecular flexibility index (Phi) is 5.51. The maximum atomic E-state index is 12.6. The fourth-order valence-corrected chi connectivity index (χ4v) is 3.66. The predicted octanol–water partition coefficient (Wildman–Crippen LogP) is 3.75. The molecule has 2 N–H and O–H groups in total. The zero-order chi connectivity index (χ0) is 20.2. The van der Waals surface area contributed by atoms with Gasteiger partial charge < -0.3 is 20.1 Å². The van der Waals surface area contributed by atoms with E-state index in [2.05, 4.69) is 52.2 Å². The van der Waals surface area contributed by atoms with Crippen LogP contribution in [0.25, 0.3) is 17.0 Å². The lowest BCUT2D eigenvalue weighted by molar-refractivity contribution is -0.126. The highest BCUT2D eigenvalue weighted by atomic mass is 16.2. The summed E-state index contributed by atoms with van der Waals surface area (Å²) >= 11 is 0. The predicted molar refractivity (Wildman–Crippen MR) is 119 cm³/mol. The molecule has 3 heterocycles. The van der Waals surface area contributed by atoms with Crippen molar-refractivity contribution in [3.8, 4) is 0 Å². The third-order valence-electron chi connectivity index (χ3n) is 5.08. The van der Waals surface area contributed by atoms with Crippen LogP contribution in [-0.2, 0) is 4.79 Å². The van der Waals surface area contributed by atoms with Crippen LogP contribution in [0.4, 0.5) is 11.5 Å². The molecule has 3 aromatic rings. The Hall–Kier alpha value is -3.28. The van der Waals surface area contributed by atoms with E-state index >= 15 is 0 Å². The van der Waals surface area contributed by atoms with E-state index in [1.165, 1.54) is 0 Å². The SMILES string of the molecule is CC(C)Nc1cccnc1N1CCN(C(=O)/C=C/c2cc3ccccc3[nH]2)CC1. The summed E-state index contributed by atoms with van der Waals surface area (Å²) in [6.07, 6.45) is 5.34. The molecule has 1 fully saturated rings. The minimum absolute atomic E-state index is 0.0462. The van der Waals surface area contributed by atoms with Crippen molar-refractivity contribution in [3.63, 3.8) is 0 Å². The fourth-order valence-electron chi connectivity index (χ4n) is 3.66. The highest BCUT2D eigenvalue weighted by Gasteiger charge is 2.22. The Morgan fingerprint density at radius 2 is 1.93 bits per heavy atom. The minimum Gasteiger partial charge on any atom is -0.380 e. The number of H-pyrrole nitrogens is 1. The normalized spacial score (nSPS) is 14.9. The van der Waals surface area contributed by atoms with E-state index < -0.39 is 0 Å². The average Bonchev–Trinajstić information content (AvgIpc) is 3.15. The van der Waals surface area contributed by atoms with E-state index in [4.69, 9.17) is 0 Å². The standard InChI is InChI=1S/C23H27N5O/c1-17(2)25-21-8-5-11-24-23(21)28-14-12-27(13-15-28)22(29)10-9-19-16-18-6-3-4-7-20(18)26-19/h3-11,16-17,25-26H,12-15H2,1-2H3/b10-9+. The number of para-hydroxylation sites is 1. The Labute approximate surface area is 171 Å². The van der Waals surface area contributed by atoms with E-state index in [9.17, 15) is 4.79 Å². The number of piperazine rings is 1. The van der Waals surface area contributed by atoms with Crippen LogP contribution >= 0.6 is 0 Å². The van der Waals surface area contributed by atoms with Gasteiger partial charge >= 0.3 is 0 Å². The molecule has 6 nitrogen and oxygen atoms in total. The zero-order valence-electron chi connectivity index (χ0n) is 16.9. The van der Waals surface area contributed by atoms with Crippen molar-refractivity contribution in [2.45, 2.75) is 19.9 Å². The van der Waals surface area contributed by atoms with Crippen molar-refractivity contribution in [2.75, 3.05) is 36.4 Å². The van der Waals surface area contributed by atoms with E-state index in [1.54, 1.807) is 6.08 Å². The molecule has 0 unspecified atom stereocenters. The van der Waals surface area contributed by atoms with Crippen LogP contribution in [0.1, 0.15) is 19.5 Å². The second kappa shape index (κ2) is 8.39. The molecule has 0 bridgehead atoms. The number of hydrogen-bond donors (Lipinski definition) is 2. The number of carbonyl (C=O) groups is 1. The molecule has 1 aliphatic rings. The molecular formula is C23H27N5O. The molecule has 0 saturated carbocycles. The van der Waals surface area contributed by atoms with Gasteiger partial charge in [-0.25, -0.2) is 4.98 Å². The number of anilines is 2. The lowest BCUT2D eigenvalue weighted by Gasteiger charge is -2.36. The number of fused-ring (bicyclic) bond motifs is 1. The summed E-state index contributed by atoms with van der Waals surface area (Å²) < 4.78 is 0. The van der Waals surface area contributed by atoms with Crippen molar-refractivity contribution < 1.29 is 4.79 Å². The van der Waals surface area contributed by atoms with Gasteiger partial charge in [0, 0.05) is 55.7 Å². The highest BCUT2D eigenvalue weighted by Crippen LogP contribution is 2.24. The molecule has 150 valence electrons. The van der Waals surface area contributed by atoms with Crippen molar-refractivity contribution in [1.29, 1.82) is 0 Å². The quantitative estimate of drug-likeness (QED) is 0.653. The summed E-state index contributed by atoms with van der Waals surface area (Å²) in [5.41, 5.74) is 3.06. The van der Waals surface area contributed by atoms with E-state index in [0.29, 0.717) is 19.1 Å². The van der Waals surface area contributed by atoms with Crippen LogP contribution in [0.15, 0.2) is 54.7 Å². The number of rotatable bonds is 5. The third-order valence-corrected chi connectivity index (χ3v) is 5.08. The van der Waals surface area contributed by atoms with Gasteiger partial charge in [-0.15, -0.1) is 0 Å². The Morgan fingerprint density at radius 3 is 2.69 bits per heavy atom. The number of nitrogens with zero attached hydrogens (tertiary/aromatic N) is 3. The summed E-state index contributed by atoms with van der Waals surface area (Å²) in [6.45, 7) is 7.16. The van der Waals surface area contributed by atoms with Gasteiger partial charge in [0.05, 0.1) is 5.69 Å². The van der Waals surface area contributed by atoms with Crippen molar-refractivity contribution in [3.05, 3.63) is 60.4 Å². The molecule has 1 aromatic carbocycles.